The summed E-state index contributed by atoms with van der Waals surface area (Å²) in [5, 5.41) is 11.3. The quantitative estimate of drug-likeness (QED) is 0.151. The van der Waals surface area contributed by atoms with Crippen molar-refractivity contribution in [2.75, 3.05) is 13.2 Å². The molecule has 0 aliphatic heterocycles. The van der Waals surface area contributed by atoms with Crippen LogP contribution in [-0.4, -0.2) is 36.5 Å². The zero-order valence-electron chi connectivity index (χ0n) is 23.6. The second-order valence-corrected chi connectivity index (χ2v) is 9.66. The van der Waals surface area contributed by atoms with Gasteiger partial charge >= 0.3 is 12.3 Å². The Labute approximate surface area is 251 Å². The molecule has 0 spiro atoms. The minimum atomic E-state index is -4.82. The van der Waals surface area contributed by atoms with Crippen LogP contribution < -0.4 is 19.5 Å². The van der Waals surface area contributed by atoms with Gasteiger partial charge in [0, 0.05) is 23.2 Å². The highest BCUT2D eigenvalue weighted by Gasteiger charge is 2.31. The van der Waals surface area contributed by atoms with Crippen molar-refractivity contribution in [1.82, 2.24) is 5.32 Å². The molecule has 2 N–H and O–H groups in total. The van der Waals surface area contributed by atoms with Crippen LogP contribution in [0.15, 0.2) is 84.9 Å². The van der Waals surface area contributed by atoms with E-state index in [9.17, 15) is 27.2 Å². The van der Waals surface area contributed by atoms with E-state index >= 15 is 0 Å². The van der Waals surface area contributed by atoms with Gasteiger partial charge in [0.1, 0.15) is 29.7 Å². The fourth-order valence-electron chi connectivity index (χ4n) is 4.23. The van der Waals surface area contributed by atoms with E-state index < -0.39 is 24.1 Å². The van der Waals surface area contributed by atoms with Crippen molar-refractivity contribution in [2.45, 2.75) is 32.7 Å². The number of hydrogen-bond donors (Lipinski definition) is 2. The molecule has 0 aliphatic carbocycles. The summed E-state index contributed by atoms with van der Waals surface area (Å²) in [5.41, 5.74) is 3.44. The highest BCUT2D eigenvalue weighted by atomic mass is 19.4. The SMILES string of the molecule is CCCOc1cc(-c2ccc(F)cc2)c(OCc2ccc(C(=O)NCCC(=O)O)cc2)cc1-c1ccc(OC(F)(F)F)cc1. The summed E-state index contributed by atoms with van der Waals surface area (Å²) in [4.78, 5) is 22.9. The minimum Gasteiger partial charge on any atom is -0.493 e. The zero-order valence-corrected chi connectivity index (χ0v) is 23.6. The van der Waals surface area contributed by atoms with Gasteiger partial charge in [0.05, 0.1) is 13.0 Å². The Morgan fingerprint density at radius 2 is 1.39 bits per heavy atom. The van der Waals surface area contributed by atoms with Gasteiger partial charge in [-0.05, 0) is 71.6 Å². The number of aliphatic carboxylic acids is 1. The van der Waals surface area contributed by atoms with Gasteiger partial charge < -0.3 is 24.6 Å². The number of nitrogens with one attached hydrogen (secondary N) is 1. The standard InChI is InChI=1S/C33H29F4NO6/c1-2-17-42-29-18-28(22-7-11-25(34)12-8-22)30(19-27(29)23-9-13-26(14-10-23)44-33(35,36)37)43-20-21-3-5-24(6-4-21)32(41)38-16-15-31(39)40/h3-14,18-19H,2,15-17,20H2,1H3,(H,38,41)(H,39,40). The molecular formula is C33H29F4NO6. The van der Waals surface area contributed by atoms with Gasteiger partial charge in [0.25, 0.3) is 5.91 Å². The lowest BCUT2D eigenvalue weighted by molar-refractivity contribution is -0.274. The summed E-state index contributed by atoms with van der Waals surface area (Å²) in [6, 6.07) is 21.3. The molecule has 0 aliphatic rings. The van der Waals surface area contributed by atoms with Crippen LogP contribution in [-0.2, 0) is 11.4 Å². The van der Waals surface area contributed by atoms with Crippen molar-refractivity contribution in [2.24, 2.45) is 0 Å². The van der Waals surface area contributed by atoms with E-state index in [1.807, 2.05) is 6.92 Å². The Kier molecular flexibility index (Phi) is 10.4. The lowest BCUT2D eigenvalue weighted by Gasteiger charge is -2.19. The number of hydrogen-bond acceptors (Lipinski definition) is 5. The van der Waals surface area contributed by atoms with E-state index in [1.165, 1.54) is 36.4 Å². The highest BCUT2D eigenvalue weighted by Crippen LogP contribution is 2.42. The molecular weight excluding hydrogens is 582 g/mol. The Bertz CT molecular complexity index is 1570. The normalized spacial score (nSPS) is 11.1. The molecule has 4 rings (SSSR count). The van der Waals surface area contributed by atoms with Crippen molar-refractivity contribution >= 4 is 11.9 Å². The number of halogens is 4. The van der Waals surface area contributed by atoms with Gasteiger partial charge in [-0.3, -0.25) is 9.59 Å². The lowest BCUT2D eigenvalue weighted by Crippen LogP contribution is -2.25. The van der Waals surface area contributed by atoms with Crippen molar-refractivity contribution < 1.29 is 46.5 Å². The van der Waals surface area contributed by atoms with Crippen molar-refractivity contribution in [3.63, 3.8) is 0 Å². The number of carbonyl (C=O) groups is 2. The topological polar surface area (TPSA) is 94.1 Å². The predicted octanol–water partition coefficient (Wildman–Crippen LogP) is 7.63. The molecule has 44 heavy (non-hydrogen) atoms. The Hall–Kier alpha value is -5.06. The molecule has 0 radical (unpaired) electrons. The summed E-state index contributed by atoms with van der Waals surface area (Å²) < 4.78 is 68.1. The first-order valence-corrected chi connectivity index (χ1v) is 13.7. The molecule has 0 saturated heterocycles. The molecule has 230 valence electrons. The lowest BCUT2D eigenvalue weighted by atomic mass is 9.97. The molecule has 0 unspecified atom stereocenters. The molecule has 11 heteroatoms. The Balaban J connectivity index is 1.65. The summed E-state index contributed by atoms with van der Waals surface area (Å²) in [6.07, 6.45) is -4.31. The number of carboxylic acids is 1. The van der Waals surface area contributed by atoms with E-state index in [4.69, 9.17) is 14.6 Å². The average molecular weight is 612 g/mol. The van der Waals surface area contributed by atoms with Gasteiger partial charge in [-0.15, -0.1) is 13.2 Å². The van der Waals surface area contributed by atoms with Crippen LogP contribution in [0.5, 0.6) is 17.2 Å². The number of amides is 1. The van der Waals surface area contributed by atoms with E-state index in [0.29, 0.717) is 52.3 Å². The largest absolute Gasteiger partial charge is 0.573 e. The third kappa shape index (κ3) is 8.97. The monoisotopic (exact) mass is 611 g/mol. The van der Waals surface area contributed by atoms with Gasteiger partial charge in [-0.25, -0.2) is 4.39 Å². The number of ether oxygens (including phenoxy) is 3. The Morgan fingerprint density at radius 3 is 1.93 bits per heavy atom. The van der Waals surface area contributed by atoms with Crippen LogP contribution in [0.2, 0.25) is 0 Å². The first-order valence-electron chi connectivity index (χ1n) is 13.7. The molecule has 4 aromatic rings. The zero-order chi connectivity index (χ0) is 31.7. The maximum Gasteiger partial charge on any atom is 0.573 e. The van der Waals surface area contributed by atoms with Crippen LogP contribution in [0, 0.1) is 5.82 Å². The Morgan fingerprint density at radius 1 is 0.818 bits per heavy atom. The molecule has 0 heterocycles. The first-order chi connectivity index (χ1) is 21.0. The fraction of sp³-hybridized carbons (Fsp3) is 0.212. The number of benzene rings is 4. The third-order valence-corrected chi connectivity index (χ3v) is 6.33. The summed E-state index contributed by atoms with van der Waals surface area (Å²) in [5.74, 6) is -1.34. The van der Waals surface area contributed by atoms with E-state index in [2.05, 4.69) is 10.1 Å². The molecule has 1 amide bonds. The van der Waals surface area contributed by atoms with Gasteiger partial charge in [0.15, 0.2) is 0 Å². The van der Waals surface area contributed by atoms with Crippen molar-refractivity contribution in [1.29, 1.82) is 0 Å². The second-order valence-electron chi connectivity index (χ2n) is 9.66. The van der Waals surface area contributed by atoms with Crippen LogP contribution in [0.3, 0.4) is 0 Å². The molecule has 0 aromatic heterocycles. The molecule has 0 bridgehead atoms. The second kappa shape index (κ2) is 14.4. The average Bonchev–Trinajstić information content (AvgIpc) is 2.99. The number of carboxylic acid groups (broad SMARTS) is 1. The molecule has 0 atom stereocenters. The smallest absolute Gasteiger partial charge is 0.493 e. The summed E-state index contributed by atoms with van der Waals surface area (Å²) >= 11 is 0. The molecule has 4 aromatic carbocycles. The maximum atomic E-state index is 13.7. The van der Waals surface area contributed by atoms with Crippen LogP contribution in [0.1, 0.15) is 35.7 Å². The van der Waals surface area contributed by atoms with Gasteiger partial charge in [-0.2, -0.15) is 0 Å². The fourth-order valence-corrected chi connectivity index (χ4v) is 4.23. The molecule has 0 fully saturated rings. The minimum absolute atomic E-state index is 0.00354. The highest BCUT2D eigenvalue weighted by molar-refractivity contribution is 5.94. The van der Waals surface area contributed by atoms with E-state index in [1.54, 1.807) is 48.5 Å². The van der Waals surface area contributed by atoms with Gasteiger partial charge in [-0.1, -0.05) is 43.3 Å². The van der Waals surface area contributed by atoms with Crippen LogP contribution >= 0.6 is 0 Å². The molecule has 0 saturated carbocycles. The maximum absolute atomic E-state index is 13.7. The number of alkyl halides is 3. The third-order valence-electron chi connectivity index (χ3n) is 6.33. The van der Waals surface area contributed by atoms with Crippen molar-refractivity contribution in [3.8, 4) is 39.5 Å². The van der Waals surface area contributed by atoms with Gasteiger partial charge in [0.2, 0.25) is 0 Å². The predicted molar refractivity (Wildman–Crippen MR) is 155 cm³/mol. The van der Waals surface area contributed by atoms with E-state index in [-0.39, 0.29) is 25.3 Å². The van der Waals surface area contributed by atoms with E-state index in [0.717, 1.165) is 5.56 Å². The van der Waals surface area contributed by atoms with Crippen LogP contribution in [0.4, 0.5) is 17.6 Å². The van der Waals surface area contributed by atoms with Crippen molar-refractivity contribution in [3.05, 3.63) is 102 Å². The molecule has 7 nitrogen and oxygen atoms in total. The summed E-state index contributed by atoms with van der Waals surface area (Å²) in [7, 11) is 0. The number of rotatable bonds is 13. The number of carbonyl (C=O) groups excluding carboxylic acids is 1. The van der Waals surface area contributed by atoms with Crippen LogP contribution in [0.25, 0.3) is 22.3 Å². The first kappa shape index (κ1) is 31.9. The summed E-state index contributed by atoms with van der Waals surface area (Å²) in [6.45, 7) is 2.40.